The first-order valence-electron chi connectivity index (χ1n) is 4.89. The van der Waals surface area contributed by atoms with Crippen LogP contribution in [0.1, 0.15) is 44.9 Å². The molecule has 0 aromatic rings. The van der Waals surface area contributed by atoms with Crippen LogP contribution >= 0.6 is 0 Å². The van der Waals surface area contributed by atoms with Gasteiger partial charge in [0.2, 0.25) is 0 Å². The Kier molecular flexibility index (Phi) is 10.8. The summed E-state index contributed by atoms with van der Waals surface area (Å²) in [7, 11) is 0. The Bertz CT molecular complexity index is 68.9. The zero-order valence-electron chi connectivity index (χ0n) is 7.76. The first-order valence-corrected chi connectivity index (χ1v) is 4.89. The lowest BCUT2D eigenvalue weighted by molar-refractivity contribution is 0.164. The van der Waals surface area contributed by atoms with E-state index in [-0.39, 0.29) is 0 Å². The van der Waals surface area contributed by atoms with E-state index in [1.165, 1.54) is 25.7 Å². The lowest BCUT2D eigenvalue weighted by Gasteiger charge is -2.00. The molecule has 0 aliphatic rings. The minimum absolute atomic E-state index is 0.328. The summed E-state index contributed by atoms with van der Waals surface area (Å²) >= 11 is 0. The zero-order valence-corrected chi connectivity index (χ0v) is 7.76. The van der Waals surface area contributed by atoms with Gasteiger partial charge in [-0.15, -0.1) is 0 Å². The monoisotopic (exact) mass is 175 g/mol. The predicted octanol–water partition coefficient (Wildman–Crippen LogP) is 1.69. The minimum Gasteiger partial charge on any atom is -0.396 e. The van der Waals surface area contributed by atoms with E-state index in [0.717, 1.165) is 19.3 Å². The fraction of sp³-hybridized carbons (Fsp3) is 1.00. The maximum absolute atomic E-state index is 8.50. The maximum Gasteiger partial charge on any atom is 0.0431 e. The van der Waals surface area contributed by atoms with E-state index >= 15 is 0 Å². The first kappa shape index (κ1) is 11.9. The number of hydrogen-bond acceptors (Lipinski definition) is 3. The van der Waals surface area contributed by atoms with Crippen molar-refractivity contribution in [3.8, 4) is 0 Å². The van der Waals surface area contributed by atoms with E-state index in [1.807, 2.05) is 0 Å². The second-order valence-corrected chi connectivity index (χ2v) is 3.11. The smallest absolute Gasteiger partial charge is 0.0431 e. The van der Waals surface area contributed by atoms with Crippen molar-refractivity contribution in [2.45, 2.75) is 44.9 Å². The molecule has 0 amide bonds. The van der Waals surface area contributed by atoms with Crippen LogP contribution < -0.4 is 5.48 Å². The number of unbranched alkanes of at least 4 members (excludes halogenated alkanes) is 6. The molecular weight excluding hydrogens is 154 g/mol. The second-order valence-electron chi connectivity index (χ2n) is 3.11. The van der Waals surface area contributed by atoms with Gasteiger partial charge >= 0.3 is 0 Å². The lowest BCUT2D eigenvalue weighted by atomic mass is 10.1. The Morgan fingerprint density at radius 3 is 1.75 bits per heavy atom. The van der Waals surface area contributed by atoms with Crippen molar-refractivity contribution in [3.05, 3.63) is 0 Å². The van der Waals surface area contributed by atoms with E-state index in [0.29, 0.717) is 13.2 Å². The van der Waals surface area contributed by atoms with Crippen LogP contribution in [0.25, 0.3) is 0 Å². The summed E-state index contributed by atoms with van der Waals surface area (Å²) in [6, 6.07) is 0. The average Bonchev–Trinajstić information content (AvgIpc) is 2.10. The van der Waals surface area contributed by atoms with Crippen LogP contribution in [0.2, 0.25) is 0 Å². The van der Waals surface area contributed by atoms with Crippen LogP contribution in [0.15, 0.2) is 0 Å². The van der Waals surface area contributed by atoms with E-state index in [1.54, 1.807) is 0 Å². The summed E-state index contributed by atoms with van der Waals surface area (Å²) in [5.41, 5.74) is 2.15. The van der Waals surface area contributed by atoms with Gasteiger partial charge in [-0.3, -0.25) is 0 Å². The molecule has 0 bridgehead atoms. The Morgan fingerprint density at radius 1 is 0.750 bits per heavy atom. The van der Waals surface area contributed by atoms with Gasteiger partial charge in [0.05, 0.1) is 0 Å². The Labute approximate surface area is 74.8 Å². The standard InChI is InChI=1S/C9H21NO2/c11-9-7-5-3-1-2-4-6-8-10-12/h10-12H,1-9H2. The molecular formula is C9H21NO2. The highest BCUT2D eigenvalue weighted by molar-refractivity contribution is 4.46. The summed E-state index contributed by atoms with van der Waals surface area (Å²) in [6.45, 7) is 1.03. The zero-order chi connectivity index (χ0) is 9.07. The highest BCUT2D eigenvalue weighted by Crippen LogP contribution is 2.06. The largest absolute Gasteiger partial charge is 0.396 e. The fourth-order valence-corrected chi connectivity index (χ4v) is 1.20. The van der Waals surface area contributed by atoms with E-state index in [4.69, 9.17) is 10.3 Å². The summed E-state index contributed by atoms with van der Waals surface area (Å²) in [5.74, 6) is 0. The van der Waals surface area contributed by atoms with Crippen LogP contribution in [-0.2, 0) is 0 Å². The summed E-state index contributed by atoms with van der Waals surface area (Å²) in [4.78, 5) is 0. The molecule has 0 atom stereocenters. The molecule has 12 heavy (non-hydrogen) atoms. The highest BCUT2D eigenvalue weighted by atomic mass is 16.5. The molecule has 0 fully saturated rings. The molecule has 0 spiro atoms. The molecule has 3 nitrogen and oxygen atoms in total. The van der Waals surface area contributed by atoms with Crippen molar-refractivity contribution >= 4 is 0 Å². The van der Waals surface area contributed by atoms with E-state index in [2.05, 4.69) is 5.48 Å². The molecule has 0 saturated heterocycles. The molecule has 0 saturated carbocycles. The fourth-order valence-electron chi connectivity index (χ4n) is 1.20. The van der Waals surface area contributed by atoms with Crippen molar-refractivity contribution < 1.29 is 10.3 Å². The molecule has 0 aromatic carbocycles. The molecule has 3 heteroatoms. The number of aliphatic hydroxyl groups excluding tert-OH is 1. The normalized spacial score (nSPS) is 10.5. The average molecular weight is 175 g/mol. The van der Waals surface area contributed by atoms with Gasteiger partial charge in [0.15, 0.2) is 0 Å². The van der Waals surface area contributed by atoms with Crippen molar-refractivity contribution in [1.29, 1.82) is 0 Å². The van der Waals surface area contributed by atoms with Crippen LogP contribution in [0.3, 0.4) is 0 Å². The number of hydroxylamine groups is 1. The van der Waals surface area contributed by atoms with Gasteiger partial charge in [-0.05, 0) is 12.8 Å². The van der Waals surface area contributed by atoms with Gasteiger partial charge in [0.25, 0.3) is 0 Å². The van der Waals surface area contributed by atoms with Crippen LogP contribution in [-0.4, -0.2) is 23.5 Å². The van der Waals surface area contributed by atoms with Gasteiger partial charge in [0.1, 0.15) is 0 Å². The third-order valence-corrected chi connectivity index (χ3v) is 1.95. The molecule has 0 heterocycles. The molecule has 3 N–H and O–H groups in total. The number of nitrogens with one attached hydrogen (secondary N) is 1. The molecule has 0 aliphatic heterocycles. The molecule has 0 aromatic heterocycles. The minimum atomic E-state index is 0.328. The van der Waals surface area contributed by atoms with Gasteiger partial charge in [-0.25, -0.2) is 5.48 Å². The summed E-state index contributed by atoms with van der Waals surface area (Å²) in [5, 5.41) is 16.8. The molecule has 0 radical (unpaired) electrons. The predicted molar refractivity (Wildman–Crippen MR) is 49.2 cm³/mol. The van der Waals surface area contributed by atoms with Gasteiger partial charge in [-0.1, -0.05) is 32.1 Å². The molecule has 0 unspecified atom stereocenters. The summed E-state index contributed by atoms with van der Waals surface area (Å²) < 4.78 is 0. The van der Waals surface area contributed by atoms with Gasteiger partial charge < -0.3 is 10.3 Å². The molecule has 0 rings (SSSR count). The topological polar surface area (TPSA) is 52.5 Å². The van der Waals surface area contributed by atoms with Gasteiger partial charge in [-0.2, -0.15) is 0 Å². The maximum atomic E-state index is 8.50. The third kappa shape index (κ3) is 9.88. The van der Waals surface area contributed by atoms with E-state index < -0.39 is 0 Å². The van der Waals surface area contributed by atoms with Crippen molar-refractivity contribution in [1.82, 2.24) is 5.48 Å². The van der Waals surface area contributed by atoms with Crippen molar-refractivity contribution in [3.63, 3.8) is 0 Å². The number of hydrogen-bond donors (Lipinski definition) is 3. The van der Waals surface area contributed by atoms with Crippen molar-refractivity contribution in [2.75, 3.05) is 13.2 Å². The lowest BCUT2D eigenvalue weighted by Crippen LogP contribution is -2.07. The Balaban J connectivity index is 2.73. The van der Waals surface area contributed by atoms with Crippen LogP contribution in [0, 0.1) is 0 Å². The third-order valence-electron chi connectivity index (χ3n) is 1.95. The number of aliphatic hydroxyl groups is 1. The van der Waals surface area contributed by atoms with Gasteiger partial charge in [0, 0.05) is 13.2 Å². The SMILES string of the molecule is OCCCCCCCCCNO. The van der Waals surface area contributed by atoms with E-state index in [9.17, 15) is 0 Å². The number of rotatable bonds is 9. The highest BCUT2D eigenvalue weighted by Gasteiger charge is 1.90. The molecule has 0 aliphatic carbocycles. The van der Waals surface area contributed by atoms with Crippen LogP contribution in [0.4, 0.5) is 0 Å². The van der Waals surface area contributed by atoms with Crippen molar-refractivity contribution in [2.24, 2.45) is 0 Å². The second kappa shape index (κ2) is 10.9. The summed E-state index contributed by atoms with van der Waals surface area (Å²) in [6.07, 6.45) is 8.06. The quantitative estimate of drug-likeness (QED) is 0.369. The Morgan fingerprint density at radius 2 is 1.25 bits per heavy atom. The van der Waals surface area contributed by atoms with Crippen LogP contribution in [0.5, 0.6) is 0 Å². The first-order chi connectivity index (χ1) is 5.91. The molecule has 74 valence electrons. The Hall–Kier alpha value is -0.120.